The Balaban J connectivity index is 2.23. The number of aliphatic hydroxyl groups excluding tert-OH is 1. The number of aliphatic hydroxyl groups is 1. The van der Waals surface area contributed by atoms with Crippen LogP contribution in [0.25, 0.3) is 0 Å². The molecule has 0 fully saturated rings. The van der Waals surface area contributed by atoms with Gasteiger partial charge >= 0.3 is 0 Å². The van der Waals surface area contributed by atoms with Gasteiger partial charge in [-0.05, 0) is 18.6 Å². The van der Waals surface area contributed by atoms with Crippen molar-refractivity contribution in [2.45, 2.75) is 19.4 Å². The standard InChI is InChI=1S/C14H18N2O2/c1-10-4-5-14(18-3)11(6-10)7-13(17)12-8-15-9-16(12)2/h4-6,8-9,13,17H,7H2,1-3H3. The van der Waals surface area contributed by atoms with Gasteiger partial charge in [-0.2, -0.15) is 0 Å². The van der Waals surface area contributed by atoms with E-state index in [2.05, 4.69) is 4.98 Å². The van der Waals surface area contributed by atoms with Crippen molar-refractivity contribution in [2.24, 2.45) is 7.05 Å². The minimum absolute atomic E-state index is 0.518. The Morgan fingerprint density at radius 3 is 2.83 bits per heavy atom. The van der Waals surface area contributed by atoms with Gasteiger partial charge in [0.05, 0.1) is 31.4 Å². The molecular formula is C14H18N2O2. The summed E-state index contributed by atoms with van der Waals surface area (Å²) in [5.74, 6) is 0.807. The molecule has 1 heterocycles. The molecule has 0 amide bonds. The monoisotopic (exact) mass is 246 g/mol. The van der Waals surface area contributed by atoms with Gasteiger partial charge in [0.15, 0.2) is 0 Å². The molecule has 1 N–H and O–H groups in total. The number of aromatic nitrogens is 2. The first kappa shape index (κ1) is 12.6. The van der Waals surface area contributed by atoms with Crippen molar-refractivity contribution in [1.82, 2.24) is 9.55 Å². The number of nitrogens with zero attached hydrogens (tertiary/aromatic N) is 2. The summed E-state index contributed by atoms with van der Waals surface area (Å²) in [4.78, 5) is 4.02. The Bertz CT molecular complexity index is 534. The molecule has 0 saturated heterocycles. The molecule has 1 aromatic carbocycles. The fourth-order valence-electron chi connectivity index (χ4n) is 2.07. The topological polar surface area (TPSA) is 47.3 Å². The van der Waals surface area contributed by atoms with E-state index in [0.29, 0.717) is 6.42 Å². The average Bonchev–Trinajstić information content (AvgIpc) is 2.76. The number of hydrogen-bond acceptors (Lipinski definition) is 3. The Labute approximate surface area is 107 Å². The van der Waals surface area contributed by atoms with Gasteiger partial charge in [0.2, 0.25) is 0 Å². The fraction of sp³-hybridized carbons (Fsp3) is 0.357. The summed E-state index contributed by atoms with van der Waals surface area (Å²) in [7, 11) is 3.52. The average molecular weight is 246 g/mol. The summed E-state index contributed by atoms with van der Waals surface area (Å²) in [6.07, 6.45) is 3.32. The Hall–Kier alpha value is -1.81. The van der Waals surface area contributed by atoms with E-state index >= 15 is 0 Å². The van der Waals surface area contributed by atoms with E-state index < -0.39 is 6.10 Å². The molecule has 2 rings (SSSR count). The first-order valence-corrected chi connectivity index (χ1v) is 5.89. The van der Waals surface area contributed by atoms with Crippen LogP contribution in [0.3, 0.4) is 0 Å². The zero-order valence-electron chi connectivity index (χ0n) is 10.9. The van der Waals surface area contributed by atoms with Gasteiger partial charge in [-0.15, -0.1) is 0 Å². The molecule has 0 spiro atoms. The lowest BCUT2D eigenvalue weighted by atomic mass is 10.0. The highest BCUT2D eigenvalue weighted by atomic mass is 16.5. The molecule has 4 heteroatoms. The van der Waals surface area contributed by atoms with Crippen LogP contribution in [0.15, 0.2) is 30.7 Å². The van der Waals surface area contributed by atoms with E-state index in [4.69, 9.17) is 4.74 Å². The summed E-state index contributed by atoms with van der Waals surface area (Å²) < 4.78 is 7.14. The normalized spacial score (nSPS) is 12.4. The molecule has 1 aromatic heterocycles. The number of imidazole rings is 1. The molecule has 1 unspecified atom stereocenters. The van der Waals surface area contributed by atoms with Crippen LogP contribution in [-0.4, -0.2) is 21.8 Å². The molecular weight excluding hydrogens is 228 g/mol. The third kappa shape index (κ3) is 2.54. The molecule has 0 aliphatic heterocycles. The Kier molecular flexibility index (Phi) is 3.67. The molecule has 18 heavy (non-hydrogen) atoms. The van der Waals surface area contributed by atoms with E-state index in [1.54, 1.807) is 19.6 Å². The van der Waals surface area contributed by atoms with Crippen LogP contribution < -0.4 is 4.74 Å². The van der Waals surface area contributed by atoms with Crippen molar-refractivity contribution in [3.05, 3.63) is 47.5 Å². The van der Waals surface area contributed by atoms with E-state index in [0.717, 1.165) is 22.6 Å². The van der Waals surface area contributed by atoms with Gasteiger partial charge < -0.3 is 14.4 Å². The number of ether oxygens (including phenoxy) is 1. The highest BCUT2D eigenvalue weighted by Crippen LogP contribution is 2.25. The molecule has 0 radical (unpaired) electrons. The number of methoxy groups -OCH3 is 1. The first-order chi connectivity index (χ1) is 8.61. The SMILES string of the molecule is COc1ccc(C)cc1CC(O)c1cncn1C. The summed E-state index contributed by atoms with van der Waals surface area (Å²) in [5, 5.41) is 10.2. The second-order valence-corrected chi connectivity index (χ2v) is 4.46. The first-order valence-electron chi connectivity index (χ1n) is 5.89. The van der Waals surface area contributed by atoms with E-state index in [1.165, 1.54) is 0 Å². The lowest BCUT2D eigenvalue weighted by Crippen LogP contribution is -2.07. The van der Waals surface area contributed by atoms with Gasteiger partial charge in [-0.1, -0.05) is 17.7 Å². The number of rotatable bonds is 4. The highest BCUT2D eigenvalue weighted by Gasteiger charge is 2.14. The maximum Gasteiger partial charge on any atom is 0.122 e. The second kappa shape index (κ2) is 5.23. The third-order valence-corrected chi connectivity index (χ3v) is 3.04. The van der Waals surface area contributed by atoms with Crippen LogP contribution in [0, 0.1) is 6.92 Å². The Morgan fingerprint density at radius 1 is 1.44 bits per heavy atom. The van der Waals surface area contributed by atoms with E-state index in [1.807, 2.05) is 36.7 Å². The fourth-order valence-corrected chi connectivity index (χ4v) is 2.07. The predicted molar refractivity (Wildman–Crippen MR) is 69.6 cm³/mol. The van der Waals surface area contributed by atoms with Crippen LogP contribution in [0.2, 0.25) is 0 Å². The van der Waals surface area contributed by atoms with Gasteiger partial charge in [0, 0.05) is 13.5 Å². The van der Waals surface area contributed by atoms with Crippen molar-refractivity contribution in [3.8, 4) is 5.75 Å². The predicted octanol–water partition coefficient (Wildman–Crippen LogP) is 2.01. The smallest absolute Gasteiger partial charge is 0.122 e. The van der Waals surface area contributed by atoms with Crippen LogP contribution in [0.5, 0.6) is 5.75 Å². The molecule has 0 aliphatic rings. The summed E-state index contributed by atoms with van der Waals surface area (Å²) in [5.41, 5.74) is 2.97. The summed E-state index contributed by atoms with van der Waals surface area (Å²) >= 11 is 0. The molecule has 4 nitrogen and oxygen atoms in total. The lowest BCUT2D eigenvalue weighted by Gasteiger charge is -2.14. The maximum absolute atomic E-state index is 10.2. The van der Waals surface area contributed by atoms with Crippen molar-refractivity contribution in [3.63, 3.8) is 0 Å². The largest absolute Gasteiger partial charge is 0.496 e. The zero-order valence-corrected chi connectivity index (χ0v) is 10.9. The second-order valence-electron chi connectivity index (χ2n) is 4.46. The van der Waals surface area contributed by atoms with Crippen LogP contribution in [0.4, 0.5) is 0 Å². The van der Waals surface area contributed by atoms with E-state index in [-0.39, 0.29) is 0 Å². The molecule has 0 bridgehead atoms. The van der Waals surface area contributed by atoms with Crippen LogP contribution >= 0.6 is 0 Å². The molecule has 1 atom stereocenters. The van der Waals surface area contributed by atoms with Gasteiger partial charge in [-0.3, -0.25) is 0 Å². The minimum atomic E-state index is -0.576. The minimum Gasteiger partial charge on any atom is -0.496 e. The zero-order chi connectivity index (χ0) is 13.1. The van der Waals surface area contributed by atoms with Crippen molar-refractivity contribution in [2.75, 3.05) is 7.11 Å². The Morgan fingerprint density at radius 2 is 2.22 bits per heavy atom. The lowest BCUT2D eigenvalue weighted by molar-refractivity contribution is 0.169. The number of aryl methyl sites for hydroxylation is 2. The van der Waals surface area contributed by atoms with Crippen molar-refractivity contribution in [1.29, 1.82) is 0 Å². The van der Waals surface area contributed by atoms with Gasteiger partial charge in [0.25, 0.3) is 0 Å². The molecule has 0 saturated carbocycles. The molecule has 96 valence electrons. The molecule has 0 aliphatic carbocycles. The van der Waals surface area contributed by atoms with Gasteiger partial charge in [0.1, 0.15) is 5.75 Å². The van der Waals surface area contributed by atoms with Crippen LogP contribution in [0.1, 0.15) is 22.9 Å². The quantitative estimate of drug-likeness (QED) is 0.897. The molecule has 2 aromatic rings. The van der Waals surface area contributed by atoms with E-state index in [9.17, 15) is 5.11 Å². The van der Waals surface area contributed by atoms with Crippen molar-refractivity contribution >= 4 is 0 Å². The van der Waals surface area contributed by atoms with Gasteiger partial charge in [-0.25, -0.2) is 4.98 Å². The highest BCUT2D eigenvalue weighted by molar-refractivity contribution is 5.37. The van der Waals surface area contributed by atoms with Crippen molar-refractivity contribution < 1.29 is 9.84 Å². The third-order valence-electron chi connectivity index (χ3n) is 3.04. The summed E-state index contributed by atoms with van der Waals surface area (Å²) in [6.45, 7) is 2.03. The van der Waals surface area contributed by atoms with Crippen LogP contribution in [-0.2, 0) is 13.5 Å². The number of benzene rings is 1. The summed E-state index contributed by atoms with van der Waals surface area (Å²) in [6, 6.07) is 5.97. The number of hydrogen-bond donors (Lipinski definition) is 1. The maximum atomic E-state index is 10.2.